The van der Waals surface area contributed by atoms with Crippen LogP contribution in [0.25, 0.3) is 0 Å². The Morgan fingerprint density at radius 2 is 2.07 bits per heavy atom. The summed E-state index contributed by atoms with van der Waals surface area (Å²) >= 11 is 1.62. The Kier molecular flexibility index (Phi) is 3.63. The first-order valence-electron chi connectivity index (χ1n) is 4.26. The maximum atomic E-state index is 10.8. The fraction of sp³-hybridized carbons (Fsp3) is 0.625. The number of nitrogens with one attached hydrogen (secondary N) is 1. The van der Waals surface area contributed by atoms with Gasteiger partial charge >= 0.3 is 0 Å². The highest BCUT2D eigenvalue weighted by Gasteiger charge is 2.05. The summed E-state index contributed by atoms with van der Waals surface area (Å²) in [5, 5.41) is 1.02. The van der Waals surface area contributed by atoms with E-state index in [4.69, 9.17) is 0 Å². The van der Waals surface area contributed by atoms with Crippen LogP contribution in [0.4, 0.5) is 0 Å². The van der Waals surface area contributed by atoms with E-state index in [9.17, 15) is 8.42 Å². The Hall–Kier alpha value is -0.460. The van der Waals surface area contributed by atoms with Gasteiger partial charge < -0.3 is 0 Å². The minimum atomic E-state index is -3.07. The third-order valence-electron chi connectivity index (χ3n) is 1.72. The number of hydrogen-bond donors (Lipinski definition) is 1. The van der Waals surface area contributed by atoms with Gasteiger partial charge in [0.15, 0.2) is 0 Å². The molecule has 0 bridgehead atoms. The number of aromatic nitrogens is 1. The molecule has 0 aliphatic carbocycles. The second kappa shape index (κ2) is 4.37. The smallest absolute Gasteiger partial charge is 0.208 e. The van der Waals surface area contributed by atoms with E-state index in [-0.39, 0.29) is 0 Å². The molecule has 0 radical (unpaired) electrons. The molecule has 0 saturated carbocycles. The molecule has 6 heteroatoms. The van der Waals surface area contributed by atoms with Crippen molar-refractivity contribution < 1.29 is 8.42 Å². The summed E-state index contributed by atoms with van der Waals surface area (Å²) in [6.07, 6.45) is 1.88. The third-order valence-corrected chi connectivity index (χ3v) is 3.58. The van der Waals surface area contributed by atoms with Crippen LogP contribution in [0.2, 0.25) is 0 Å². The average molecular weight is 234 g/mol. The molecule has 1 rings (SSSR count). The minimum absolute atomic E-state index is 0.446. The molecule has 80 valence electrons. The van der Waals surface area contributed by atoms with Crippen molar-refractivity contribution in [2.75, 3.05) is 12.8 Å². The topological polar surface area (TPSA) is 59.1 Å². The molecule has 0 atom stereocenters. The predicted molar refractivity (Wildman–Crippen MR) is 58.1 cm³/mol. The normalized spacial score (nSPS) is 11.9. The van der Waals surface area contributed by atoms with E-state index in [0.29, 0.717) is 13.0 Å². The van der Waals surface area contributed by atoms with Gasteiger partial charge in [-0.05, 0) is 20.3 Å². The van der Waals surface area contributed by atoms with E-state index in [2.05, 4.69) is 9.71 Å². The SMILES string of the molecule is Cc1nc(C)c(CCNS(C)(=O)=O)s1. The van der Waals surface area contributed by atoms with Crippen molar-refractivity contribution in [1.82, 2.24) is 9.71 Å². The molecule has 0 unspecified atom stereocenters. The summed E-state index contributed by atoms with van der Waals surface area (Å²) in [5.74, 6) is 0. The van der Waals surface area contributed by atoms with Crippen LogP contribution in [0.15, 0.2) is 0 Å². The zero-order valence-electron chi connectivity index (χ0n) is 8.49. The molecule has 0 aliphatic rings. The Bertz CT molecular complexity index is 409. The number of hydrogen-bond acceptors (Lipinski definition) is 4. The summed E-state index contributed by atoms with van der Waals surface area (Å²) < 4.78 is 24.0. The maximum absolute atomic E-state index is 10.8. The Labute approximate surface area is 88.4 Å². The lowest BCUT2D eigenvalue weighted by Crippen LogP contribution is -2.24. The summed E-state index contributed by atoms with van der Waals surface area (Å²) in [6.45, 7) is 4.34. The molecule has 1 heterocycles. The van der Waals surface area contributed by atoms with Crippen molar-refractivity contribution in [2.24, 2.45) is 0 Å². The van der Waals surface area contributed by atoms with Crippen LogP contribution in [0.5, 0.6) is 0 Å². The first-order chi connectivity index (χ1) is 6.38. The first-order valence-corrected chi connectivity index (χ1v) is 6.97. The number of rotatable bonds is 4. The van der Waals surface area contributed by atoms with Crippen molar-refractivity contribution >= 4 is 21.4 Å². The predicted octanol–water partition coefficient (Wildman–Crippen LogP) is 0.852. The monoisotopic (exact) mass is 234 g/mol. The first kappa shape index (κ1) is 11.6. The van der Waals surface area contributed by atoms with Gasteiger partial charge in [-0.3, -0.25) is 0 Å². The van der Waals surface area contributed by atoms with Crippen LogP contribution in [0.1, 0.15) is 15.6 Å². The molecule has 0 aromatic carbocycles. The van der Waals surface area contributed by atoms with E-state index in [1.165, 1.54) is 0 Å². The van der Waals surface area contributed by atoms with Crippen molar-refractivity contribution in [3.63, 3.8) is 0 Å². The van der Waals surface area contributed by atoms with E-state index in [0.717, 1.165) is 21.8 Å². The summed E-state index contributed by atoms with van der Waals surface area (Å²) in [4.78, 5) is 5.42. The van der Waals surface area contributed by atoms with Gasteiger partial charge in [0, 0.05) is 11.4 Å². The van der Waals surface area contributed by atoms with Crippen LogP contribution < -0.4 is 4.72 Å². The van der Waals surface area contributed by atoms with Crippen LogP contribution in [-0.2, 0) is 16.4 Å². The van der Waals surface area contributed by atoms with Crippen molar-refractivity contribution in [2.45, 2.75) is 20.3 Å². The summed E-state index contributed by atoms with van der Waals surface area (Å²) in [7, 11) is -3.07. The summed E-state index contributed by atoms with van der Waals surface area (Å²) in [6, 6.07) is 0. The average Bonchev–Trinajstić information content (AvgIpc) is 2.27. The van der Waals surface area contributed by atoms with Crippen molar-refractivity contribution in [3.8, 4) is 0 Å². The molecule has 1 N–H and O–H groups in total. The molecule has 0 aliphatic heterocycles. The molecule has 4 nitrogen and oxygen atoms in total. The molecular formula is C8H14N2O2S2. The summed E-state index contributed by atoms with van der Waals surface area (Å²) in [5.41, 5.74) is 1.00. The van der Waals surface area contributed by atoms with Crippen LogP contribution in [0, 0.1) is 13.8 Å². The molecular weight excluding hydrogens is 220 g/mol. The van der Waals surface area contributed by atoms with E-state index in [1.54, 1.807) is 11.3 Å². The standard InChI is InChI=1S/C8H14N2O2S2/c1-6-8(13-7(2)10-6)4-5-9-14(3,11)12/h9H,4-5H2,1-3H3. The van der Waals surface area contributed by atoms with Gasteiger partial charge in [-0.15, -0.1) is 11.3 Å². The number of sulfonamides is 1. The highest BCUT2D eigenvalue weighted by Crippen LogP contribution is 2.16. The number of aryl methyl sites for hydroxylation is 2. The van der Waals surface area contributed by atoms with Crippen LogP contribution in [-0.4, -0.2) is 26.2 Å². The fourth-order valence-electron chi connectivity index (χ4n) is 1.16. The molecule has 0 saturated heterocycles. The van der Waals surface area contributed by atoms with Gasteiger partial charge in [-0.1, -0.05) is 0 Å². The zero-order chi connectivity index (χ0) is 10.8. The quantitative estimate of drug-likeness (QED) is 0.840. The second-order valence-corrected chi connectivity index (χ2v) is 6.28. The van der Waals surface area contributed by atoms with Crippen molar-refractivity contribution in [1.29, 1.82) is 0 Å². The third kappa shape index (κ3) is 3.73. The molecule has 0 fully saturated rings. The van der Waals surface area contributed by atoms with Gasteiger partial charge in [0.05, 0.1) is 17.0 Å². The zero-order valence-corrected chi connectivity index (χ0v) is 10.1. The highest BCUT2D eigenvalue weighted by molar-refractivity contribution is 7.88. The maximum Gasteiger partial charge on any atom is 0.208 e. The Morgan fingerprint density at radius 1 is 1.43 bits per heavy atom. The number of thiazole rings is 1. The molecule has 1 aromatic rings. The molecule has 1 aromatic heterocycles. The van der Waals surface area contributed by atoms with Gasteiger partial charge in [0.2, 0.25) is 10.0 Å². The number of nitrogens with zero attached hydrogens (tertiary/aromatic N) is 1. The molecule has 0 amide bonds. The van der Waals surface area contributed by atoms with E-state index < -0.39 is 10.0 Å². The lowest BCUT2D eigenvalue weighted by Gasteiger charge is -2.00. The molecule has 14 heavy (non-hydrogen) atoms. The van der Waals surface area contributed by atoms with Crippen LogP contribution >= 0.6 is 11.3 Å². The lowest BCUT2D eigenvalue weighted by atomic mass is 10.3. The lowest BCUT2D eigenvalue weighted by molar-refractivity contribution is 0.588. The molecule has 0 spiro atoms. The van der Waals surface area contributed by atoms with Gasteiger partial charge in [0.1, 0.15) is 0 Å². The largest absolute Gasteiger partial charge is 0.247 e. The van der Waals surface area contributed by atoms with Gasteiger partial charge in [-0.25, -0.2) is 18.1 Å². The van der Waals surface area contributed by atoms with Gasteiger partial charge in [-0.2, -0.15) is 0 Å². The van der Waals surface area contributed by atoms with Crippen LogP contribution in [0.3, 0.4) is 0 Å². The fourth-order valence-corrected chi connectivity index (χ4v) is 2.56. The highest BCUT2D eigenvalue weighted by atomic mass is 32.2. The Morgan fingerprint density at radius 3 is 2.50 bits per heavy atom. The van der Waals surface area contributed by atoms with Crippen molar-refractivity contribution in [3.05, 3.63) is 15.6 Å². The van der Waals surface area contributed by atoms with Gasteiger partial charge in [0.25, 0.3) is 0 Å². The van der Waals surface area contributed by atoms with E-state index >= 15 is 0 Å². The second-order valence-electron chi connectivity index (χ2n) is 3.16. The minimum Gasteiger partial charge on any atom is -0.247 e. The Balaban J connectivity index is 2.50. The van der Waals surface area contributed by atoms with E-state index in [1.807, 2.05) is 13.8 Å².